The van der Waals surface area contributed by atoms with Crippen molar-refractivity contribution in [2.75, 3.05) is 26.2 Å². The summed E-state index contributed by atoms with van der Waals surface area (Å²) in [7, 11) is 0. The van der Waals surface area contributed by atoms with Gasteiger partial charge < -0.3 is 24.4 Å². The van der Waals surface area contributed by atoms with E-state index in [1.165, 1.54) is 0 Å². The van der Waals surface area contributed by atoms with Gasteiger partial charge in [-0.25, -0.2) is 4.79 Å². The van der Waals surface area contributed by atoms with Gasteiger partial charge in [-0.1, -0.05) is 0 Å². The van der Waals surface area contributed by atoms with E-state index in [-0.39, 0.29) is 39.0 Å². The lowest BCUT2D eigenvalue weighted by atomic mass is 9.72. The maximum absolute atomic E-state index is 12.4. The number of hydrogen-bond acceptors (Lipinski definition) is 4. The van der Waals surface area contributed by atoms with Crippen LogP contribution in [0.5, 0.6) is 0 Å². The molecule has 0 saturated carbocycles. The van der Waals surface area contributed by atoms with Crippen LogP contribution >= 0.6 is 0 Å². The van der Waals surface area contributed by atoms with Crippen molar-refractivity contribution in [2.24, 2.45) is 5.41 Å². The van der Waals surface area contributed by atoms with Gasteiger partial charge in [0.25, 0.3) is 6.10 Å². The van der Waals surface area contributed by atoms with Gasteiger partial charge in [0.2, 0.25) is 0 Å². The molecule has 1 spiro atoms. The van der Waals surface area contributed by atoms with E-state index >= 15 is 0 Å². The number of carbonyl (C=O) groups is 2. The Labute approximate surface area is 131 Å². The van der Waals surface area contributed by atoms with Crippen LogP contribution in [0.4, 0.5) is 35.9 Å². The molecule has 2 amide bonds. The second kappa shape index (κ2) is 5.88. The summed E-state index contributed by atoms with van der Waals surface area (Å²) in [5.41, 5.74) is -0.412. The summed E-state index contributed by atoms with van der Waals surface area (Å²) in [6.45, 7) is 0.127. The number of amides is 2. The molecule has 2 fully saturated rings. The number of carboxylic acid groups (broad SMARTS) is 1. The van der Waals surface area contributed by atoms with Crippen molar-refractivity contribution in [3.05, 3.63) is 0 Å². The number of halogens is 6. The van der Waals surface area contributed by atoms with Gasteiger partial charge in [0.05, 0.1) is 0 Å². The monoisotopic (exact) mass is 363 g/mol. The molecular formula is C12H13F6N2O4-. The maximum Gasteiger partial charge on any atom is 0.434 e. The topological polar surface area (TPSA) is 72.9 Å². The van der Waals surface area contributed by atoms with Crippen molar-refractivity contribution in [3.63, 3.8) is 0 Å². The lowest BCUT2D eigenvalue weighted by Gasteiger charge is -2.54. The van der Waals surface area contributed by atoms with Crippen molar-refractivity contribution in [1.82, 2.24) is 9.80 Å². The third-order valence-corrected chi connectivity index (χ3v) is 4.21. The first-order valence-electron chi connectivity index (χ1n) is 6.89. The van der Waals surface area contributed by atoms with Gasteiger partial charge in [0.15, 0.2) is 0 Å². The second-order valence-electron chi connectivity index (χ2n) is 5.96. The average molecular weight is 363 g/mol. The van der Waals surface area contributed by atoms with E-state index in [1.54, 1.807) is 0 Å². The number of likely N-dealkylation sites (tertiary alicyclic amines) is 2. The lowest BCUT2D eigenvalue weighted by molar-refractivity contribution is -0.308. The van der Waals surface area contributed by atoms with Crippen LogP contribution in [0.25, 0.3) is 0 Å². The molecule has 0 radical (unpaired) electrons. The molecule has 138 valence electrons. The first kappa shape index (κ1) is 18.5. The predicted molar refractivity (Wildman–Crippen MR) is 62.6 cm³/mol. The van der Waals surface area contributed by atoms with Crippen molar-refractivity contribution >= 4 is 12.2 Å². The highest BCUT2D eigenvalue weighted by molar-refractivity contribution is 5.68. The highest BCUT2D eigenvalue weighted by Crippen LogP contribution is 2.41. The second-order valence-corrected chi connectivity index (χ2v) is 5.96. The molecule has 6 nitrogen and oxygen atoms in total. The molecular weight excluding hydrogens is 350 g/mol. The van der Waals surface area contributed by atoms with Crippen LogP contribution in [0, 0.1) is 5.41 Å². The standard InChI is InChI=1S/C12H14F6N2O4/c13-11(14,15)7(12(16,17)18)24-9(23)19-3-1-10(2-4-19)5-20(6-10)8(21)22/h7H,1-6H2,(H,21,22)/p-1. The molecule has 0 bridgehead atoms. The molecule has 2 saturated heterocycles. The van der Waals surface area contributed by atoms with E-state index in [0.717, 1.165) is 9.80 Å². The molecule has 2 aliphatic heterocycles. The van der Waals surface area contributed by atoms with E-state index in [2.05, 4.69) is 4.74 Å². The van der Waals surface area contributed by atoms with Crippen molar-refractivity contribution < 1.29 is 45.8 Å². The molecule has 0 atom stereocenters. The largest absolute Gasteiger partial charge is 0.530 e. The van der Waals surface area contributed by atoms with E-state index in [4.69, 9.17) is 0 Å². The molecule has 0 aromatic carbocycles. The van der Waals surface area contributed by atoms with Crippen LogP contribution in [-0.2, 0) is 4.74 Å². The highest BCUT2D eigenvalue weighted by Gasteiger charge is 2.60. The Morgan fingerprint density at radius 2 is 1.42 bits per heavy atom. The fraction of sp³-hybridized carbons (Fsp3) is 0.833. The van der Waals surface area contributed by atoms with Crippen LogP contribution in [0.3, 0.4) is 0 Å². The van der Waals surface area contributed by atoms with Crippen LogP contribution in [0.15, 0.2) is 0 Å². The zero-order valence-corrected chi connectivity index (χ0v) is 12.1. The SMILES string of the molecule is O=C([O-])N1CC2(CCN(C(=O)OC(C(F)(F)F)C(F)(F)F)CC2)C1. The van der Waals surface area contributed by atoms with Gasteiger partial charge in [-0.05, 0) is 12.8 Å². The van der Waals surface area contributed by atoms with Crippen molar-refractivity contribution in [2.45, 2.75) is 31.3 Å². The Kier molecular flexibility index (Phi) is 4.53. The lowest BCUT2D eigenvalue weighted by Crippen LogP contribution is -2.64. The normalized spacial score (nSPS) is 21.0. The van der Waals surface area contributed by atoms with Crippen LogP contribution in [0.2, 0.25) is 0 Å². The molecule has 2 heterocycles. The molecule has 0 N–H and O–H groups in total. The van der Waals surface area contributed by atoms with E-state index in [1.807, 2.05) is 0 Å². The zero-order chi connectivity index (χ0) is 18.3. The number of rotatable bonds is 1. The first-order valence-corrected chi connectivity index (χ1v) is 6.89. The van der Waals surface area contributed by atoms with Crippen LogP contribution < -0.4 is 5.11 Å². The molecule has 24 heavy (non-hydrogen) atoms. The number of ether oxygens (including phenoxy) is 1. The Morgan fingerprint density at radius 1 is 0.958 bits per heavy atom. The highest BCUT2D eigenvalue weighted by atomic mass is 19.4. The van der Waals surface area contributed by atoms with Gasteiger partial charge in [-0.3, -0.25) is 0 Å². The minimum atomic E-state index is -5.76. The average Bonchev–Trinajstić information content (AvgIpc) is 2.39. The molecule has 12 heteroatoms. The van der Waals surface area contributed by atoms with Crippen LogP contribution in [0.1, 0.15) is 12.8 Å². The summed E-state index contributed by atoms with van der Waals surface area (Å²) in [4.78, 5) is 24.0. The Balaban J connectivity index is 1.90. The first-order chi connectivity index (χ1) is 10.8. The quantitative estimate of drug-likeness (QED) is 0.660. The van der Waals surface area contributed by atoms with Gasteiger partial charge in [0, 0.05) is 31.6 Å². The van der Waals surface area contributed by atoms with Gasteiger partial charge in [-0.15, -0.1) is 0 Å². The Morgan fingerprint density at radius 3 is 1.79 bits per heavy atom. The number of alkyl halides is 6. The van der Waals surface area contributed by atoms with Gasteiger partial charge in [-0.2, -0.15) is 26.3 Å². The predicted octanol–water partition coefficient (Wildman–Crippen LogP) is 1.36. The Hall–Kier alpha value is -1.88. The number of hydrogen-bond donors (Lipinski definition) is 0. The van der Waals surface area contributed by atoms with E-state index in [9.17, 15) is 41.0 Å². The van der Waals surface area contributed by atoms with Crippen LogP contribution in [-0.4, -0.2) is 66.6 Å². The molecule has 0 aromatic heterocycles. The molecule has 2 rings (SSSR count). The van der Waals surface area contributed by atoms with Crippen molar-refractivity contribution in [3.8, 4) is 0 Å². The number of carbonyl (C=O) groups excluding carboxylic acids is 2. The van der Waals surface area contributed by atoms with E-state index in [0.29, 0.717) is 0 Å². The minimum absolute atomic E-state index is 0.109. The fourth-order valence-electron chi connectivity index (χ4n) is 2.87. The molecule has 0 aliphatic carbocycles. The summed E-state index contributed by atoms with van der Waals surface area (Å²) in [6.07, 6.45) is -18.2. The molecule has 0 unspecified atom stereocenters. The van der Waals surface area contributed by atoms with Crippen molar-refractivity contribution in [1.29, 1.82) is 0 Å². The third-order valence-electron chi connectivity index (χ3n) is 4.21. The summed E-state index contributed by atoms with van der Waals surface area (Å²) in [5, 5.41) is 10.6. The zero-order valence-electron chi connectivity index (χ0n) is 12.1. The summed E-state index contributed by atoms with van der Waals surface area (Å²) < 4.78 is 77.8. The smallest absolute Gasteiger partial charge is 0.434 e. The summed E-state index contributed by atoms with van der Waals surface area (Å²) in [6, 6.07) is 0. The molecule has 2 aliphatic rings. The van der Waals surface area contributed by atoms with Gasteiger partial charge in [0.1, 0.15) is 6.09 Å². The number of nitrogens with zero attached hydrogens (tertiary/aromatic N) is 2. The molecule has 0 aromatic rings. The fourth-order valence-corrected chi connectivity index (χ4v) is 2.87. The number of piperidine rings is 1. The minimum Gasteiger partial charge on any atom is -0.530 e. The maximum atomic E-state index is 12.4. The van der Waals surface area contributed by atoms with Gasteiger partial charge >= 0.3 is 18.4 Å². The Bertz CT molecular complexity index is 491. The van der Waals surface area contributed by atoms with E-state index < -0.39 is 36.1 Å². The summed E-state index contributed by atoms with van der Waals surface area (Å²) >= 11 is 0. The third kappa shape index (κ3) is 3.78. The summed E-state index contributed by atoms with van der Waals surface area (Å²) in [5.74, 6) is 0.